The maximum Gasteiger partial charge on any atom is 0.323 e. The molecule has 0 aromatic carbocycles. The third kappa shape index (κ3) is 3.25. The third-order valence-corrected chi connectivity index (χ3v) is 5.65. The van der Waals surface area contributed by atoms with E-state index in [1.54, 1.807) is 17.1 Å². The molecule has 0 bridgehead atoms. The highest BCUT2D eigenvalue weighted by Gasteiger charge is 2.42. The van der Waals surface area contributed by atoms with E-state index in [1.807, 2.05) is 29.2 Å². The van der Waals surface area contributed by atoms with Gasteiger partial charge in [-0.05, 0) is 36.8 Å². The van der Waals surface area contributed by atoms with Gasteiger partial charge in [-0.1, -0.05) is 25.8 Å². The van der Waals surface area contributed by atoms with E-state index in [1.165, 1.54) is 19.3 Å². The van der Waals surface area contributed by atoms with Gasteiger partial charge in [-0.15, -0.1) is 0 Å². The van der Waals surface area contributed by atoms with Gasteiger partial charge in [-0.25, -0.2) is 9.48 Å². The molecular weight excluding hydrogens is 314 g/mol. The maximum absolute atomic E-state index is 12.9. The molecule has 1 saturated heterocycles. The zero-order valence-corrected chi connectivity index (χ0v) is 14.6. The quantitative estimate of drug-likeness (QED) is 0.932. The summed E-state index contributed by atoms with van der Waals surface area (Å²) in [6.45, 7) is 3.68. The molecule has 3 heterocycles. The van der Waals surface area contributed by atoms with Gasteiger partial charge < -0.3 is 4.90 Å². The van der Waals surface area contributed by atoms with Gasteiger partial charge in [-0.3, -0.25) is 10.3 Å². The smallest absolute Gasteiger partial charge is 0.321 e. The molecule has 1 saturated carbocycles. The van der Waals surface area contributed by atoms with Crippen molar-refractivity contribution in [2.24, 2.45) is 11.8 Å². The van der Waals surface area contributed by atoms with Crippen molar-refractivity contribution in [3.05, 3.63) is 42.4 Å². The van der Waals surface area contributed by atoms with Crippen LogP contribution in [-0.4, -0.2) is 38.3 Å². The first-order chi connectivity index (χ1) is 12.2. The number of hydrogen-bond acceptors (Lipinski definition) is 3. The second-order valence-electron chi connectivity index (χ2n) is 7.27. The van der Waals surface area contributed by atoms with Gasteiger partial charge in [0.1, 0.15) is 5.82 Å². The SMILES string of the molecule is CC1CN(C(=O)Nc2ccnn2Cc2ccccn2)C2CCCCC12. The Morgan fingerprint density at radius 2 is 2.12 bits per heavy atom. The van der Waals surface area contributed by atoms with Crippen LogP contribution in [0.1, 0.15) is 38.3 Å². The van der Waals surface area contributed by atoms with Crippen LogP contribution in [0.2, 0.25) is 0 Å². The Balaban J connectivity index is 1.46. The largest absolute Gasteiger partial charge is 0.323 e. The zero-order chi connectivity index (χ0) is 17.2. The van der Waals surface area contributed by atoms with E-state index in [-0.39, 0.29) is 6.03 Å². The number of amides is 2. The molecule has 132 valence electrons. The van der Waals surface area contributed by atoms with Gasteiger partial charge in [0.15, 0.2) is 0 Å². The van der Waals surface area contributed by atoms with Crippen LogP contribution in [0.4, 0.5) is 10.6 Å². The number of aromatic nitrogens is 3. The highest BCUT2D eigenvalue weighted by Crippen LogP contribution is 2.39. The van der Waals surface area contributed by atoms with E-state index in [2.05, 4.69) is 22.3 Å². The molecule has 1 aliphatic heterocycles. The third-order valence-electron chi connectivity index (χ3n) is 5.65. The van der Waals surface area contributed by atoms with Gasteiger partial charge in [-0.2, -0.15) is 5.10 Å². The number of anilines is 1. The van der Waals surface area contributed by atoms with Crippen LogP contribution in [0.3, 0.4) is 0 Å². The van der Waals surface area contributed by atoms with Crippen LogP contribution in [0.5, 0.6) is 0 Å². The summed E-state index contributed by atoms with van der Waals surface area (Å²) in [6, 6.07) is 8.06. The molecule has 3 unspecified atom stereocenters. The molecule has 3 atom stereocenters. The number of likely N-dealkylation sites (tertiary alicyclic amines) is 1. The molecule has 2 aromatic rings. The number of rotatable bonds is 3. The Bertz CT molecular complexity index is 728. The molecule has 1 aliphatic carbocycles. The summed E-state index contributed by atoms with van der Waals surface area (Å²) in [5.41, 5.74) is 0.920. The zero-order valence-electron chi connectivity index (χ0n) is 14.6. The van der Waals surface area contributed by atoms with Gasteiger partial charge in [0.05, 0.1) is 18.4 Å². The lowest BCUT2D eigenvalue weighted by Crippen LogP contribution is -2.42. The molecule has 6 heteroatoms. The van der Waals surface area contributed by atoms with E-state index in [9.17, 15) is 4.79 Å². The van der Waals surface area contributed by atoms with Crippen LogP contribution < -0.4 is 5.32 Å². The summed E-state index contributed by atoms with van der Waals surface area (Å²) in [5.74, 6) is 1.98. The fourth-order valence-electron chi connectivity index (χ4n) is 4.40. The normalized spacial score (nSPS) is 25.6. The summed E-state index contributed by atoms with van der Waals surface area (Å²) in [4.78, 5) is 19.3. The molecule has 0 radical (unpaired) electrons. The van der Waals surface area contributed by atoms with Gasteiger partial charge in [0.2, 0.25) is 0 Å². The molecule has 2 aromatic heterocycles. The summed E-state index contributed by atoms with van der Waals surface area (Å²) in [7, 11) is 0. The average Bonchev–Trinajstić information content (AvgIpc) is 3.21. The molecule has 6 nitrogen and oxygen atoms in total. The minimum Gasteiger partial charge on any atom is -0.321 e. The lowest BCUT2D eigenvalue weighted by atomic mass is 9.80. The first kappa shape index (κ1) is 16.1. The Labute approximate surface area is 148 Å². The van der Waals surface area contributed by atoms with Crippen molar-refractivity contribution in [2.45, 2.75) is 45.2 Å². The molecular formula is C19H25N5O. The second-order valence-corrected chi connectivity index (χ2v) is 7.27. The fourth-order valence-corrected chi connectivity index (χ4v) is 4.40. The van der Waals surface area contributed by atoms with E-state index >= 15 is 0 Å². The number of urea groups is 1. The van der Waals surface area contributed by atoms with E-state index in [0.29, 0.717) is 24.4 Å². The Morgan fingerprint density at radius 1 is 1.24 bits per heavy atom. The molecule has 0 spiro atoms. The van der Waals surface area contributed by atoms with Crippen LogP contribution in [0.15, 0.2) is 36.7 Å². The lowest BCUT2D eigenvalue weighted by molar-refractivity contribution is 0.180. The van der Waals surface area contributed by atoms with E-state index in [4.69, 9.17) is 0 Å². The highest BCUT2D eigenvalue weighted by atomic mass is 16.2. The van der Waals surface area contributed by atoms with Crippen molar-refractivity contribution < 1.29 is 4.79 Å². The molecule has 2 amide bonds. The summed E-state index contributed by atoms with van der Waals surface area (Å²) in [5, 5.41) is 7.40. The van der Waals surface area contributed by atoms with Crippen molar-refractivity contribution in [3.8, 4) is 0 Å². The van der Waals surface area contributed by atoms with Crippen molar-refractivity contribution in [1.29, 1.82) is 0 Å². The first-order valence-corrected chi connectivity index (χ1v) is 9.21. The minimum absolute atomic E-state index is 0.00372. The van der Waals surface area contributed by atoms with Crippen molar-refractivity contribution in [1.82, 2.24) is 19.7 Å². The highest BCUT2D eigenvalue weighted by molar-refractivity contribution is 5.89. The molecule has 2 fully saturated rings. The van der Waals surface area contributed by atoms with Crippen molar-refractivity contribution in [3.63, 3.8) is 0 Å². The fraction of sp³-hybridized carbons (Fsp3) is 0.526. The minimum atomic E-state index is 0.00372. The van der Waals surface area contributed by atoms with E-state index < -0.39 is 0 Å². The van der Waals surface area contributed by atoms with Gasteiger partial charge in [0, 0.05) is 24.8 Å². The predicted octanol–water partition coefficient (Wildman–Crippen LogP) is 3.37. The number of fused-ring (bicyclic) bond motifs is 1. The summed E-state index contributed by atoms with van der Waals surface area (Å²) in [6.07, 6.45) is 8.41. The van der Waals surface area contributed by atoms with Crippen molar-refractivity contribution in [2.75, 3.05) is 11.9 Å². The van der Waals surface area contributed by atoms with Gasteiger partial charge >= 0.3 is 6.03 Å². The van der Waals surface area contributed by atoms with Crippen molar-refractivity contribution >= 4 is 11.8 Å². The number of carbonyl (C=O) groups is 1. The second kappa shape index (κ2) is 6.86. The number of hydrogen-bond donors (Lipinski definition) is 1. The number of pyridine rings is 1. The summed E-state index contributed by atoms with van der Waals surface area (Å²) < 4.78 is 1.79. The number of carbonyl (C=O) groups excluding carboxylic acids is 1. The number of nitrogens with zero attached hydrogens (tertiary/aromatic N) is 4. The monoisotopic (exact) mass is 339 g/mol. The molecule has 1 N–H and O–H groups in total. The Hall–Kier alpha value is -2.37. The lowest BCUT2D eigenvalue weighted by Gasteiger charge is -2.32. The van der Waals surface area contributed by atoms with Crippen LogP contribution in [0.25, 0.3) is 0 Å². The molecule has 4 rings (SSSR count). The average molecular weight is 339 g/mol. The van der Waals surface area contributed by atoms with E-state index in [0.717, 1.165) is 24.5 Å². The number of nitrogens with one attached hydrogen (secondary N) is 1. The molecule has 25 heavy (non-hydrogen) atoms. The Kier molecular flexibility index (Phi) is 4.42. The molecule has 2 aliphatic rings. The topological polar surface area (TPSA) is 63.1 Å². The summed E-state index contributed by atoms with van der Waals surface area (Å²) >= 11 is 0. The predicted molar refractivity (Wildman–Crippen MR) is 96.2 cm³/mol. The first-order valence-electron chi connectivity index (χ1n) is 9.21. The van der Waals surface area contributed by atoms with Crippen LogP contribution in [-0.2, 0) is 6.54 Å². The van der Waals surface area contributed by atoms with Crippen LogP contribution >= 0.6 is 0 Å². The standard InChI is InChI=1S/C19H25N5O/c1-14-12-23(17-8-3-2-7-16(14)17)19(25)22-18-9-11-21-24(18)13-15-6-4-5-10-20-15/h4-6,9-11,14,16-17H,2-3,7-8,12-13H2,1H3,(H,22,25). The van der Waals surface area contributed by atoms with Gasteiger partial charge in [0.25, 0.3) is 0 Å². The maximum atomic E-state index is 12.9. The Morgan fingerprint density at radius 3 is 2.96 bits per heavy atom. The van der Waals surface area contributed by atoms with Crippen LogP contribution in [0, 0.1) is 11.8 Å².